The zero-order valence-corrected chi connectivity index (χ0v) is 9.71. The summed E-state index contributed by atoms with van der Waals surface area (Å²) in [6.07, 6.45) is 4.53. The zero-order chi connectivity index (χ0) is 11.8. The van der Waals surface area contributed by atoms with E-state index in [1.807, 2.05) is 10.8 Å². The Balaban J connectivity index is 2.00. The SMILES string of the molecule is O[C@@H]1c2cc(Cl)ccc2OC[C@@H]1n1ccnc1. The van der Waals surface area contributed by atoms with Crippen LogP contribution >= 0.6 is 11.6 Å². The number of halogens is 1. The van der Waals surface area contributed by atoms with Gasteiger partial charge in [-0.05, 0) is 18.2 Å². The molecular weight excluding hydrogens is 240 g/mol. The maximum absolute atomic E-state index is 10.3. The van der Waals surface area contributed by atoms with Crippen LogP contribution in [0.2, 0.25) is 5.02 Å². The highest BCUT2D eigenvalue weighted by atomic mass is 35.5. The molecule has 88 valence electrons. The van der Waals surface area contributed by atoms with Gasteiger partial charge < -0.3 is 14.4 Å². The van der Waals surface area contributed by atoms with E-state index in [4.69, 9.17) is 16.3 Å². The molecule has 17 heavy (non-hydrogen) atoms. The molecular formula is C12H11ClN2O2. The van der Waals surface area contributed by atoms with Gasteiger partial charge in [0.25, 0.3) is 0 Å². The predicted octanol–water partition coefficient (Wildman–Crippen LogP) is 2.20. The molecule has 0 fully saturated rings. The van der Waals surface area contributed by atoms with E-state index in [2.05, 4.69) is 4.98 Å². The number of hydrogen-bond donors (Lipinski definition) is 1. The Morgan fingerprint density at radius 2 is 2.35 bits per heavy atom. The van der Waals surface area contributed by atoms with Gasteiger partial charge in [-0.2, -0.15) is 0 Å². The summed E-state index contributed by atoms with van der Waals surface area (Å²) in [4.78, 5) is 3.98. The summed E-state index contributed by atoms with van der Waals surface area (Å²) in [5.41, 5.74) is 0.724. The molecule has 1 N–H and O–H groups in total. The Morgan fingerprint density at radius 1 is 1.47 bits per heavy atom. The summed E-state index contributed by atoms with van der Waals surface area (Å²) in [5, 5.41) is 10.9. The Labute approximate surface area is 103 Å². The first-order chi connectivity index (χ1) is 8.25. The summed E-state index contributed by atoms with van der Waals surface area (Å²) in [7, 11) is 0. The number of ether oxygens (including phenoxy) is 1. The number of nitrogens with zero attached hydrogens (tertiary/aromatic N) is 2. The second-order valence-electron chi connectivity index (χ2n) is 4.02. The monoisotopic (exact) mass is 250 g/mol. The molecule has 1 aliphatic heterocycles. The van der Waals surface area contributed by atoms with E-state index in [0.29, 0.717) is 17.4 Å². The lowest BCUT2D eigenvalue weighted by molar-refractivity contribution is 0.0569. The van der Waals surface area contributed by atoms with Crippen LogP contribution in [0.5, 0.6) is 5.75 Å². The fraction of sp³-hybridized carbons (Fsp3) is 0.250. The number of hydrogen-bond acceptors (Lipinski definition) is 3. The highest BCUT2D eigenvalue weighted by Crippen LogP contribution is 2.38. The van der Waals surface area contributed by atoms with Gasteiger partial charge >= 0.3 is 0 Å². The summed E-state index contributed by atoms with van der Waals surface area (Å²) < 4.78 is 7.46. The number of aromatic nitrogens is 2. The molecule has 4 nitrogen and oxygen atoms in total. The van der Waals surface area contributed by atoms with Gasteiger partial charge in [0, 0.05) is 23.0 Å². The van der Waals surface area contributed by atoms with Gasteiger partial charge in [0.15, 0.2) is 0 Å². The number of aliphatic hydroxyl groups is 1. The minimum absolute atomic E-state index is 0.163. The molecule has 0 bridgehead atoms. The van der Waals surface area contributed by atoms with E-state index in [0.717, 1.165) is 5.56 Å². The maximum atomic E-state index is 10.3. The van der Waals surface area contributed by atoms with Crippen LogP contribution in [0.15, 0.2) is 36.9 Å². The highest BCUT2D eigenvalue weighted by Gasteiger charge is 2.30. The highest BCUT2D eigenvalue weighted by molar-refractivity contribution is 6.30. The molecule has 0 spiro atoms. The summed E-state index contributed by atoms with van der Waals surface area (Å²) in [6.45, 7) is 0.423. The van der Waals surface area contributed by atoms with E-state index in [1.165, 1.54) is 0 Å². The summed E-state index contributed by atoms with van der Waals surface area (Å²) in [5.74, 6) is 0.693. The van der Waals surface area contributed by atoms with Crippen LogP contribution in [0.25, 0.3) is 0 Å². The first kappa shape index (κ1) is 10.6. The molecule has 1 aromatic heterocycles. The topological polar surface area (TPSA) is 47.3 Å². The number of rotatable bonds is 1. The lowest BCUT2D eigenvalue weighted by Gasteiger charge is -2.31. The lowest BCUT2D eigenvalue weighted by atomic mass is 9.99. The molecule has 0 saturated heterocycles. The fourth-order valence-electron chi connectivity index (χ4n) is 2.07. The van der Waals surface area contributed by atoms with Gasteiger partial charge in [-0.15, -0.1) is 0 Å². The first-order valence-corrected chi connectivity index (χ1v) is 5.71. The minimum atomic E-state index is -0.633. The molecule has 2 aromatic rings. The molecule has 0 unspecified atom stereocenters. The van der Waals surface area contributed by atoms with Gasteiger partial charge in [0.1, 0.15) is 18.5 Å². The quantitative estimate of drug-likeness (QED) is 0.844. The molecule has 0 saturated carbocycles. The lowest BCUT2D eigenvalue weighted by Crippen LogP contribution is -2.28. The van der Waals surface area contributed by atoms with Crippen LogP contribution in [-0.4, -0.2) is 21.3 Å². The molecule has 1 aromatic carbocycles. The maximum Gasteiger partial charge on any atom is 0.125 e. The number of imidazole rings is 1. The Kier molecular flexibility index (Phi) is 2.53. The summed E-state index contributed by atoms with van der Waals surface area (Å²) >= 11 is 5.93. The number of benzene rings is 1. The van der Waals surface area contributed by atoms with Crippen molar-refractivity contribution >= 4 is 11.6 Å². The van der Waals surface area contributed by atoms with Crippen molar-refractivity contribution in [1.29, 1.82) is 0 Å². The van der Waals surface area contributed by atoms with Crippen LogP contribution in [0.3, 0.4) is 0 Å². The van der Waals surface area contributed by atoms with Crippen LogP contribution in [0, 0.1) is 0 Å². The van der Waals surface area contributed by atoms with Gasteiger partial charge in [-0.25, -0.2) is 4.98 Å². The predicted molar refractivity (Wildman–Crippen MR) is 63.2 cm³/mol. The first-order valence-electron chi connectivity index (χ1n) is 5.33. The van der Waals surface area contributed by atoms with E-state index >= 15 is 0 Å². The standard InChI is InChI=1S/C12H11ClN2O2/c13-8-1-2-11-9(5-8)12(16)10(6-17-11)15-4-3-14-7-15/h1-5,7,10,12,16H,6H2/t10-,12+/m0/s1. The average Bonchev–Trinajstić information content (AvgIpc) is 2.84. The van der Waals surface area contributed by atoms with Gasteiger partial charge in [-0.3, -0.25) is 0 Å². The molecule has 0 radical (unpaired) electrons. The van der Waals surface area contributed by atoms with Crippen LogP contribution in [0.4, 0.5) is 0 Å². The van der Waals surface area contributed by atoms with Crippen molar-refractivity contribution in [3.8, 4) is 5.75 Å². The van der Waals surface area contributed by atoms with E-state index in [-0.39, 0.29) is 6.04 Å². The van der Waals surface area contributed by atoms with Crippen molar-refractivity contribution in [2.45, 2.75) is 12.1 Å². The number of aliphatic hydroxyl groups excluding tert-OH is 1. The van der Waals surface area contributed by atoms with E-state index in [9.17, 15) is 5.11 Å². The number of fused-ring (bicyclic) bond motifs is 1. The van der Waals surface area contributed by atoms with Crippen molar-refractivity contribution in [3.05, 3.63) is 47.5 Å². The van der Waals surface area contributed by atoms with Crippen molar-refractivity contribution < 1.29 is 9.84 Å². The van der Waals surface area contributed by atoms with Gasteiger partial charge in [0.05, 0.1) is 12.4 Å². The molecule has 0 aliphatic carbocycles. The zero-order valence-electron chi connectivity index (χ0n) is 8.95. The molecule has 0 amide bonds. The third-order valence-electron chi connectivity index (χ3n) is 2.97. The van der Waals surface area contributed by atoms with Crippen molar-refractivity contribution in [2.24, 2.45) is 0 Å². The molecule has 3 rings (SSSR count). The van der Waals surface area contributed by atoms with Crippen molar-refractivity contribution in [2.75, 3.05) is 6.61 Å². The van der Waals surface area contributed by atoms with E-state index < -0.39 is 6.10 Å². The molecule has 5 heteroatoms. The summed E-state index contributed by atoms with van der Waals surface area (Å²) in [6, 6.07) is 5.11. The van der Waals surface area contributed by atoms with Crippen LogP contribution in [0.1, 0.15) is 17.7 Å². The van der Waals surface area contributed by atoms with E-state index in [1.54, 1.807) is 30.7 Å². The Morgan fingerprint density at radius 3 is 3.12 bits per heavy atom. The third-order valence-corrected chi connectivity index (χ3v) is 3.21. The molecule has 2 atom stereocenters. The van der Waals surface area contributed by atoms with Gasteiger partial charge in [0.2, 0.25) is 0 Å². The van der Waals surface area contributed by atoms with Crippen molar-refractivity contribution in [3.63, 3.8) is 0 Å². The third kappa shape index (κ3) is 1.79. The smallest absolute Gasteiger partial charge is 0.125 e. The second kappa shape index (κ2) is 4.05. The normalized spacial score (nSPS) is 22.9. The van der Waals surface area contributed by atoms with Crippen LogP contribution in [-0.2, 0) is 0 Å². The van der Waals surface area contributed by atoms with Gasteiger partial charge in [-0.1, -0.05) is 11.6 Å². The average molecular weight is 251 g/mol. The Bertz CT molecular complexity index is 527. The van der Waals surface area contributed by atoms with Crippen LogP contribution < -0.4 is 4.74 Å². The Hall–Kier alpha value is -1.52. The second-order valence-corrected chi connectivity index (χ2v) is 4.45. The largest absolute Gasteiger partial charge is 0.491 e. The fourth-order valence-corrected chi connectivity index (χ4v) is 2.25. The van der Waals surface area contributed by atoms with Crippen molar-refractivity contribution in [1.82, 2.24) is 9.55 Å². The molecule has 2 heterocycles. The minimum Gasteiger partial charge on any atom is -0.491 e. The molecule has 1 aliphatic rings.